The highest BCUT2D eigenvalue weighted by Gasteiger charge is 2.20. The first-order valence-corrected chi connectivity index (χ1v) is 7.42. The van der Waals surface area contributed by atoms with Crippen LogP contribution in [0.25, 0.3) is 0 Å². The molecule has 1 aromatic carbocycles. The summed E-state index contributed by atoms with van der Waals surface area (Å²) in [5.41, 5.74) is 6.65. The predicted molar refractivity (Wildman–Crippen MR) is 80.0 cm³/mol. The van der Waals surface area contributed by atoms with Crippen LogP contribution in [-0.2, 0) is 0 Å². The Morgan fingerprint density at radius 2 is 2.11 bits per heavy atom. The topological polar surface area (TPSA) is 38.5 Å². The number of aryl methyl sites for hydroxylation is 1. The van der Waals surface area contributed by atoms with Crippen molar-refractivity contribution >= 4 is 11.6 Å². The standard InChI is InChI=1S/C15H23ClN2O/c1-12-11-13(16)3-4-15(12)19-14-5-9-18(10-6-14)8-2-7-17/h3-4,11,14H,2,5-10,17H2,1H3. The molecule has 1 aliphatic heterocycles. The van der Waals surface area contributed by atoms with E-state index in [-0.39, 0.29) is 0 Å². The third-order valence-electron chi connectivity index (χ3n) is 3.64. The fraction of sp³-hybridized carbons (Fsp3) is 0.600. The number of nitrogens with zero attached hydrogens (tertiary/aromatic N) is 1. The van der Waals surface area contributed by atoms with E-state index in [1.54, 1.807) is 0 Å². The van der Waals surface area contributed by atoms with Crippen molar-refractivity contribution in [3.63, 3.8) is 0 Å². The van der Waals surface area contributed by atoms with Crippen LogP contribution in [0.4, 0.5) is 0 Å². The van der Waals surface area contributed by atoms with Gasteiger partial charge in [-0.2, -0.15) is 0 Å². The molecular weight excluding hydrogens is 260 g/mol. The summed E-state index contributed by atoms with van der Waals surface area (Å²) < 4.78 is 6.08. The SMILES string of the molecule is Cc1cc(Cl)ccc1OC1CCN(CCCN)CC1. The Kier molecular flexibility index (Phi) is 5.49. The van der Waals surface area contributed by atoms with Crippen LogP contribution in [0.2, 0.25) is 5.02 Å². The quantitative estimate of drug-likeness (QED) is 0.902. The average Bonchev–Trinajstić information content (AvgIpc) is 2.41. The highest BCUT2D eigenvalue weighted by Crippen LogP contribution is 2.25. The normalized spacial score (nSPS) is 17.6. The Balaban J connectivity index is 1.82. The Morgan fingerprint density at radius 1 is 1.37 bits per heavy atom. The number of rotatable bonds is 5. The molecule has 0 aliphatic carbocycles. The number of benzene rings is 1. The molecule has 2 rings (SSSR count). The highest BCUT2D eigenvalue weighted by atomic mass is 35.5. The van der Waals surface area contributed by atoms with Gasteiger partial charge in [0.05, 0.1) is 0 Å². The lowest BCUT2D eigenvalue weighted by molar-refractivity contribution is 0.0997. The maximum Gasteiger partial charge on any atom is 0.122 e. The zero-order chi connectivity index (χ0) is 13.7. The maximum atomic E-state index is 6.08. The average molecular weight is 283 g/mol. The molecule has 1 aliphatic rings. The Labute approximate surface area is 120 Å². The molecule has 0 amide bonds. The minimum absolute atomic E-state index is 0.328. The van der Waals surface area contributed by atoms with Crippen LogP contribution < -0.4 is 10.5 Å². The van der Waals surface area contributed by atoms with Crippen LogP contribution in [0.5, 0.6) is 5.75 Å². The van der Waals surface area contributed by atoms with Crippen molar-refractivity contribution in [2.75, 3.05) is 26.2 Å². The van der Waals surface area contributed by atoms with E-state index in [1.807, 2.05) is 25.1 Å². The van der Waals surface area contributed by atoms with Crippen LogP contribution in [0.1, 0.15) is 24.8 Å². The van der Waals surface area contributed by atoms with Crippen LogP contribution in [0, 0.1) is 6.92 Å². The lowest BCUT2D eigenvalue weighted by atomic mass is 10.1. The summed E-state index contributed by atoms with van der Waals surface area (Å²) in [5, 5.41) is 0.765. The predicted octanol–water partition coefficient (Wildman–Crippen LogP) is 2.84. The first kappa shape index (κ1) is 14.6. The van der Waals surface area contributed by atoms with Gasteiger partial charge in [-0.3, -0.25) is 0 Å². The molecule has 1 heterocycles. The number of likely N-dealkylation sites (tertiary alicyclic amines) is 1. The van der Waals surface area contributed by atoms with E-state index in [1.165, 1.54) is 0 Å². The van der Waals surface area contributed by atoms with Gasteiger partial charge >= 0.3 is 0 Å². The second-order valence-electron chi connectivity index (χ2n) is 5.21. The van der Waals surface area contributed by atoms with E-state index in [0.717, 1.165) is 61.8 Å². The van der Waals surface area contributed by atoms with Crippen molar-refractivity contribution in [1.29, 1.82) is 0 Å². The first-order valence-electron chi connectivity index (χ1n) is 7.04. The van der Waals surface area contributed by atoms with E-state index in [4.69, 9.17) is 22.1 Å². The molecule has 0 bridgehead atoms. The molecule has 0 radical (unpaired) electrons. The molecule has 2 N–H and O–H groups in total. The summed E-state index contributed by atoms with van der Waals surface area (Å²) in [5.74, 6) is 0.963. The summed E-state index contributed by atoms with van der Waals surface area (Å²) in [6.07, 6.45) is 3.59. The van der Waals surface area contributed by atoms with Gasteiger partial charge in [-0.25, -0.2) is 0 Å². The van der Waals surface area contributed by atoms with Crippen molar-refractivity contribution in [3.05, 3.63) is 28.8 Å². The number of hydrogen-bond donors (Lipinski definition) is 1. The van der Waals surface area contributed by atoms with Gasteiger partial charge in [0.2, 0.25) is 0 Å². The molecule has 0 spiro atoms. The second-order valence-corrected chi connectivity index (χ2v) is 5.65. The minimum atomic E-state index is 0.328. The highest BCUT2D eigenvalue weighted by molar-refractivity contribution is 6.30. The Hall–Kier alpha value is -0.770. The number of nitrogens with two attached hydrogens (primary N) is 1. The van der Waals surface area contributed by atoms with Crippen molar-refractivity contribution in [2.45, 2.75) is 32.3 Å². The van der Waals surface area contributed by atoms with Crippen LogP contribution in [0.3, 0.4) is 0 Å². The number of hydrogen-bond acceptors (Lipinski definition) is 3. The Bertz CT molecular complexity index is 403. The molecule has 3 nitrogen and oxygen atoms in total. The van der Waals surface area contributed by atoms with Gasteiger partial charge in [-0.15, -0.1) is 0 Å². The number of halogens is 1. The van der Waals surface area contributed by atoms with Crippen molar-refractivity contribution < 1.29 is 4.74 Å². The molecule has 1 fully saturated rings. The molecule has 4 heteroatoms. The third-order valence-corrected chi connectivity index (χ3v) is 3.88. The van der Waals surface area contributed by atoms with Gasteiger partial charge in [-0.05, 0) is 63.0 Å². The van der Waals surface area contributed by atoms with Crippen molar-refractivity contribution in [3.8, 4) is 5.75 Å². The summed E-state index contributed by atoms with van der Waals surface area (Å²) in [6, 6.07) is 5.81. The number of piperidine rings is 1. The maximum absolute atomic E-state index is 6.08. The number of ether oxygens (including phenoxy) is 1. The van der Waals surface area contributed by atoms with E-state index in [0.29, 0.717) is 6.10 Å². The zero-order valence-corrected chi connectivity index (χ0v) is 12.3. The molecule has 0 atom stereocenters. The first-order chi connectivity index (χ1) is 9.19. The monoisotopic (exact) mass is 282 g/mol. The summed E-state index contributed by atoms with van der Waals surface area (Å²) in [4.78, 5) is 2.47. The van der Waals surface area contributed by atoms with Gasteiger partial charge in [0.1, 0.15) is 11.9 Å². The minimum Gasteiger partial charge on any atom is -0.490 e. The molecule has 1 saturated heterocycles. The summed E-state index contributed by atoms with van der Waals surface area (Å²) in [6.45, 7) is 6.15. The lowest BCUT2D eigenvalue weighted by Gasteiger charge is -2.32. The van der Waals surface area contributed by atoms with Crippen molar-refractivity contribution in [1.82, 2.24) is 4.90 Å². The summed E-state index contributed by atoms with van der Waals surface area (Å²) in [7, 11) is 0. The van der Waals surface area contributed by atoms with Crippen molar-refractivity contribution in [2.24, 2.45) is 5.73 Å². The molecule has 0 aromatic heterocycles. The summed E-state index contributed by atoms with van der Waals surface area (Å²) >= 11 is 5.95. The molecule has 0 saturated carbocycles. The fourth-order valence-corrected chi connectivity index (χ4v) is 2.72. The fourth-order valence-electron chi connectivity index (χ4n) is 2.49. The van der Waals surface area contributed by atoms with Gasteiger partial charge in [0.25, 0.3) is 0 Å². The van der Waals surface area contributed by atoms with Gasteiger partial charge in [0, 0.05) is 18.1 Å². The van der Waals surface area contributed by atoms with E-state index in [9.17, 15) is 0 Å². The largest absolute Gasteiger partial charge is 0.490 e. The van der Waals surface area contributed by atoms with Gasteiger partial charge in [-0.1, -0.05) is 11.6 Å². The van der Waals surface area contributed by atoms with Gasteiger partial charge < -0.3 is 15.4 Å². The molecular formula is C15H23ClN2O. The van der Waals surface area contributed by atoms with E-state index < -0.39 is 0 Å². The smallest absolute Gasteiger partial charge is 0.122 e. The van der Waals surface area contributed by atoms with E-state index >= 15 is 0 Å². The molecule has 19 heavy (non-hydrogen) atoms. The third kappa shape index (κ3) is 4.37. The van der Waals surface area contributed by atoms with E-state index in [2.05, 4.69) is 4.90 Å². The van der Waals surface area contributed by atoms with Crippen LogP contribution in [0.15, 0.2) is 18.2 Å². The molecule has 106 valence electrons. The molecule has 0 unspecified atom stereocenters. The molecule has 1 aromatic rings. The Morgan fingerprint density at radius 3 is 2.74 bits per heavy atom. The zero-order valence-electron chi connectivity index (χ0n) is 11.6. The second kappa shape index (κ2) is 7.13. The van der Waals surface area contributed by atoms with Gasteiger partial charge in [0.15, 0.2) is 0 Å². The van der Waals surface area contributed by atoms with Crippen LogP contribution in [-0.4, -0.2) is 37.2 Å². The van der Waals surface area contributed by atoms with Crippen LogP contribution >= 0.6 is 11.6 Å². The lowest BCUT2D eigenvalue weighted by Crippen LogP contribution is -2.39.